The topological polar surface area (TPSA) is 46.4 Å². The van der Waals surface area contributed by atoms with Crippen molar-refractivity contribution in [3.05, 3.63) is 39.9 Å². The Morgan fingerprint density at radius 2 is 1.85 bits per heavy atom. The summed E-state index contributed by atoms with van der Waals surface area (Å²) in [6, 6.07) is 6.92. The zero-order chi connectivity index (χ0) is 14.4. The lowest BCUT2D eigenvalue weighted by molar-refractivity contribution is -0.384. The van der Waals surface area contributed by atoms with Crippen molar-refractivity contribution in [3.8, 4) is 0 Å². The lowest BCUT2D eigenvalue weighted by atomic mass is 9.89. The minimum atomic E-state index is -0.348. The highest BCUT2D eigenvalue weighted by molar-refractivity contribution is 5.32. The van der Waals surface area contributed by atoms with Crippen LogP contribution in [0.3, 0.4) is 0 Å². The first kappa shape index (κ1) is 15.0. The predicted octanol–water partition coefficient (Wildman–Crippen LogP) is 3.65. The molecule has 110 valence electrons. The predicted molar refractivity (Wildman–Crippen MR) is 80.9 cm³/mol. The summed E-state index contributed by atoms with van der Waals surface area (Å²) in [5.74, 6) is 0.866. The first-order valence-corrected chi connectivity index (χ1v) is 7.57. The number of rotatable bonds is 6. The van der Waals surface area contributed by atoms with Gasteiger partial charge in [0.05, 0.1) is 4.92 Å². The molecule has 0 bridgehead atoms. The molecule has 0 radical (unpaired) electrons. The van der Waals surface area contributed by atoms with Gasteiger partial charge in [0.15, 0.2) is 0 Å². The van der Waals surface area contributed by atoms with E-state index < -0.39 is 0 Å². The second-order valence-corrected chi connectivity index (χ2v) is 5.94. The normalized spacial score (nSPS) is 16.5. The van der Waals surface area contributed by atoms with E-state index in [1.807, 2.05) is 12.1 Å². The van der Waals surface area contributed by atoms with E-state index in [4.69, 9.17) is 0 Å². The molecule has 0 N–H and O–H groups in total. The van der Waals surface area contributed by atoms with Crippen molar-refractivity contribution >= 4 is 5.69 Å². The summed E-state index contributed by atoms with van der Waals surface area (Å²) in [5, 5.41) is 10.6. The fraction of sp³-hybridized carbons (Fsp3) is 0.625. The molecule has 0 heterocycles. The number of non-ortho nitro benzene ring substituents is 1. The molecular weight excluding hydrogens is 252 g/mol. The van der Waals surface area contributed by atoms with E-state index in [2.05, 4.69) is 11.9 Å². The minimum absolute atomic E-state index is 0.171. The van der Waals surface area contributed by atoms with Crippen LogP contribution >= 0.6 is 0 Å². The zero-order valence-electron chi connectivity index (χ0n) is 12.3. The monoisotopic (exact) mass is 276 g/mol. The van der Waals surface area contributed by atoms with Crippen LogP contribution in [0.1, 0.15) is 37.7 Å². The molecule has 1 aromatic carbocycles. The molecule has 1 aromatic rings. The lowest BCUT2D eigenvalue weighted by Crippen LogP contribution is -2.28. The van der Waals surface area contributed by atoms with Crippen molar-refractivity contribution in [1.82, 2.24) is 4.90 Å². The number of nitro benzene ring substituents is 1. The molecule has 4 heteroatoms. The van der Waals surface area contributed by atoms with Crippen LogP contribution in [0.15, 0.2) is 24.3 Å². The fourth-order valence-corrected chi connectivity index (χ4v) is 3.01. The highest BCUT2D eigenvalue weighted by Crippen LogP contribution is 2.24. The van der Waals surface area contributed by atoms with Crippen molar-refractivity contribution in [2.75, 3.05) is 20.1 Å². The maximum atomic E-state index is 10.6. The van der Waals surface area contributed by atoms with Crippen LogP contribution in [0, 0.1) is 16.0 Å². The third-order valence-electron chi connectivity index (χ3n) is 4.22. The van der Waals surface area contributed by atoms with Crippen LogP contribution in [0.4, 0.5) is 5.69 Å². The number of hydrogen-bond donors (Lipinski definition) is 0. The highest BCUT2D eigenvalue weighted by Gasteiger charge is 2.15. The summed E-state index contributed by atoms with van der Waals surface area (Å²) in [6.07, 6.45) is 7.90. The third-order valence-corrected chi connectivity index (χ3v) is 4.22. The van der Waals surface area contributed by atoms with Gasteiger partial charge in [0.25, 0.3) is 5.69 Å². The Morgan fingerprint density at radius 3 is 2.45 bits per heavy atom. The molecule has 0 amide bonds. The zero-order valence-corrected chi connectivity index (χ0v) is 12.3. The Bertz CT molecular complexity index is 425. The number of nitro groups is 1. The van der Waals surface area contributed by atoms with Gasteiger partial charge in [-0.15, -0.1) is 0 Å². The summed E-state index contributed by atoms with van der Waals surface area (Å²) < 4.78 is 0. The summed E-state index contributed by atoms with van der Waals surface area (Å²) in [7, 11) is 2.18. The largest absolute Gasteiger partial charge is 0.306 e. The van der Waals surface area contributed by atoms with E-state index in [1.54, 1.807) is 12.1 Å². The van der Waals surface area contributed by atoms with Crippen molar-refractivity contribution in [3.63, 3.8) is 0 Å². The van der Waals surface area contributed by atoms with Gasteiger partial charge in [0.1, 0.15) is 0 Å². The maximum absolute atomic E-state index is 10.6. The minimum Gasteiger partial charge on any atom is -0.306 e. The second-order valence-electron chi connectivity index (χ2n) is 5.94. The van der Waals surface area contributed by atoms with E-state index in [1.165, 1.54) is 44.2 Å². The first-order valence-electron chi connectivity index (χ1n) is 7.57. The number of likely N-dealkylation sites (N-methyl/N-ethyl adjacent to an activating group) is 1. The third kappa shape index (κ3) is 4.60. The maximum Gasteiger partial charge on any atom is 0.269 e. The van der Waals surface area contributed by atoms with E-state index in [0.717, 1.165) is 18.9 Å². The number of benzene rings is 1. The van der Waals surface area contributed by atoms with E-state index in [0.29, 0.717) is 0 Å². The van der Waals surface area contributed by atoms with Gasteiger partial charge >= 0.3 is 0 Å². The van der Waals surface area contributed by atoms with Gasteiger partial charge in [-0.1, -0.05) is 31.4 Å². The SMILES string of the molecule is CN(CCc1ccc([N+](=O)[O-])cc1)CC1CCCCC1. The van der Waals surface area contributed by atoms with Crippen LogP contribution in [0.5, 0.6) is 0 Å². The van der Waals surface area contributed by atoms with Gasteiger partial charge in [-0.25, -0.2) is 0 Å². The lowest BCUT2D eigenvalue weighted by Gasteiger charge is -2.26. The quantitative estimate of drug-likeness (QED) is 0.588. The Morgan fingerprint density at radius 1 is 1.20 bits per heavy atom. The van der Waals surface area contributed by atoms with E-state index >= 15 is 0 Å². The summed E-state index contributed by atoms with van der Waals surface area (Å²) in [5.41, 5.74) is 1.34. The molecule has 1 aliphatic carbocycles. The van der Waals surface area contributed by atoms with Gasteiger partial charge in [-0.3, -0.25) is 10.1 Å². The summed E-state index contributed by atoms with van der Waals surface area (Å²) in [6.45, 7) is 2.21. The number of hydrogen-bond acceptors (Lipinski definition) is 3. The van der Waals surface area contributed by atoms with Crippen molar-refractivity contribution in [2.24, 2.45) is 5.92 Å². The molecule has 2 rings (SSSR count). The molecule has 1 fully saturated rings. The Hall–Kier alpha value is -1.42. The van der Waals surface area contributed by atoms with Crippen molar-refractivity contribution in [1.29, 1.82) is 0 Å². The van der Waals surface area contributed by atoms with E-state index in [-0.39, 0.29) is 10.6 Å². The molecular formula is C16H24N2O2. The van der Waals surface area contributed by atoms with Gasteiger partial charge in [0, 0.05) is 25.2 Å². The number of nitrogens with zero attached hydrogens (tertiary/aromatic N) is 2. The Balaban J connectivity index is 1.74. The first-order chi connectivity index (χ1) is 9.65. The Kier molecular flexibility index (Phi) is 5.53. The molecule has 0 unspecified atom stereocenters. The molecule has 4 nitrogen and oxygen atoms in total. The van der Waals surface area contributed by atoms with Gasteiger partial charge in [-0.2, -0.15) is 0 Å². The second kappa shape index (κ2) is 7.39. The molecule has 0 spiro atoms. The molecule has 0 atom stereocenters. The standard InChI is InChI=1S/C16H24N2O2/c1-17(13-15-5-3-2-4-6-15)12-11-14-7-9-16(10-8-14)18(19)20/h7-10,15H,2-6,11-13H2,1H3. The van der Waals surface area contributed by atoms with Crippen molar-refractivity contribution in [2.45, 2.75) is 38.5 Å². The average Bonchev–Trinajstić information content (AvgIpc) is 2.46. The van der Waals surface area contributed by atoms with Crippen molar-refractivity contribution < 1.29 is 4.92 Å². The molecule has 0 aliphatic heterocycles. The molecule has 1 saturated carbocycles. The average molecular weight is 276 g/mol. The van der Waals surface area contributed by atoms with E-state index in [9.17, 15) is 10.1 Å². The fourth-order valence-electron chi connectivity index (χ4n) is 3.01. The summed E-state index contributed by atoms with van der Waals surface area (Å²) >= 11 is 0. The molecule has 0 saturated heterocycles. The molecule has 0 aromatic heterocycles. The molecule has 1 aliphatic rings. The van der Waals surface area contributed by atoms with Crippen LogP contribution in [-0.4, -0.2) is 30.0 Å². The van der Waals surface area contributed by atoms with Gasteiger partial charge in [0.2, 0.25) is 0 Å². The molecule has 20 heavy (non-hydrogen) atoms. The smallest absolute Gasteiger partial charge is 0.269 e. The highest BCUT2D eigenvalue weighted by atomic mass is 16.6. The summed E-state index contributed by atoms with van der Waals surface area (Å²) in [4.78, 5) is 12.6. The van der Waals surface area contributed by atoms with Crippen LogP contribution in [-0.2, 0) is 6.42 Å². The van der Waals surface area contributed by atoms with Crippen LogP contribution in [0.2, 0.25) is 0 Å². The van der Waals surface area contributed by atoms with Gasteiger partial charge < -0.3 is 4.90 Å². The Labute approximate surface area is 120 Å². The van der Waals surface area contributed by atoms with Gasteiger partial charge in [-0.05, 0) is 37.8 Å². The van der Waals surface area contributed by atoms with Crippen LogP contribution < -0.4 is 0 Å². The van der Waals surface area contributed by atoms with Crippen LogP contribution in [0.25, 0.3) is 0 Å².